The van der Waals surface area contributed by atoms with E-state index in [4.69, 9.17) is 0 Å². The van der Waals surface area contributed by atoms with Crippen LogP contribution in [0.4, 0.5) is 0 Å². The van der Waals surface area contributed by atoms with Gasteiger partial charge in [0.05, 0.1) is 5.69 Å². The van der Waals surface area contributed by atoms with Crippen LogP contribution in [0.2, 0.25) is 0 Å². The van der Waals surface area contributed by atoms with Gasteiger partial charge in [-0.1, -0.05) is 13.0 Å². The number of fused-ring (bicyclic) bond motifs is 1. The standard InChI is InChI=1S/C10H14N2/c1-3-8-4-9-6-12(2)7-10(9)11-5-8/h4-5H,3,6-7H2,1-2H3. The number of rotatable bonds is 1. The summed E-state index contributed by atoms with van der Waals surface area (Å²) in [5.41, 5.74) is 4.02. The Kier molecular flexibility index (Phi) is 1.85. The van der Waals surface area contributed by atoms with E-state index in [1.807, 2.05) is 6.20 Å². The quantitative estimate of drug-likeness (QED) is 0.623. The van der Waals surface area contributed by atoms with Gasteiger partial charge in [-0.2, -0.15) is 0 Å². The number of aryl methyl sites for hydroxylation is 1. The second-order valence-corrected chi connectivity index (χ2v) is 3.48. The Labute approximate surface area is 73.2 Å². The van der Waals surface area contributed by atoms with Crippen molar-refractivity contribution in [1.82, 2.24) is 9.88 Å². The summed E-state index contributed by atoms with van der Waals surface area (Å²) in [4.78, 5) is 6.73. The summed E-state index contributed by atoms with van der Waals surface area (Å²) in [7, 11) is 2.13. The largest absolute Gasteiger partial charge is 0.296 e. The van der Waals surface area contributed by atoms with E-state index in [1.54, 1.807) is 0 Å². The van der Waals surface area contributed by atoms with Crippen molar-refractivity contribution in [3.8, 4) is 0 Å². The minimum absolute atomic E-state index is 1.01. The van der Waals surface area contributed by atoms with Gasteiger partial charge in [0.1, 0.15) is 0 Å². The Morgan fingerprint density at radius 3 is 3.08 bits per heavy atom. The van der Waals surface area contributed by atoms with E-state index in [-0.39, 0.29) is 0 Å². The molecule has 0 saturated carbocycles. The highest BCUT2D eigenvalue weighted by Gasteiger charge is 2.16. The van der Waals surface area contributed by atoms with Crippen LogP contribution in [0.25, 0.3) is 0 Å². The van der Waals surface area contributed by atoms with E-state index >= 15 is 0 Å². The number of hydrogen-bond donors (Lipinski definition) is 0. The van der Waals surface area contributed by atoms with Gasteiger partial charge in [0, 0.05) is 19.3 Å². The summed E-state index contributed by atoms with van der Waals surface area (Å²) < 4.78 is 0. The molecule has 2 rings (SSSR count). The third-order valence-electron chi connectivity index (χ3n) is 2.38. The molecular formula is C10H14N2. The van der Waals surface area contributed by atoms with Crippen LogP contribution >= 0.6 is 0 Å². The highest BCUT2D eigenvalue weighted by Crippen LogP contribution is 2.19. The van der Waals surface area contributed by atoms with Crippen molar-refractivity contribution >= 4 is 0 Å². The van der Waals surface area contributed by atoms with Crippen LogP contribution in [0.1, 0.15) is 23.7 Å². The van der Waals surface area contributed by atoms with Crippen LogP contribution in [0.5, 0.6) is 0 Å². The molecule has 2 nitrogen and oxygen atoms in total. The Hall–Kier alpha value is -0.890. The van der Waals surface area contributed by atoms with Crippen molar-refractivity contribution in [2.24, 2.45) is 0 Å². The van der Waals surface area contributed by atoms with E-state index in [0.29, 0.717) is 0 Å². The van der Waals surface area contributed by atoms with E-state index in [9.17, 15) is 0 Å². The van der Waals surface area contributed by atoms with Crippen molar-refractivity contribution in [2.45, 2.75) is 26.4 Å². The molecule has 0 bridgehead atoms. The monoisotopic (exact) mass is 162 g/mol. The average molecular weight is 162 g/mol. The molecule has 0 saturated heterocycles. The van der Waals surface area contributed by atoms with Gasteiger partial charge >= 0.3 is 0 Å². The van der Waals surface area contributed by atoms with E-state index in [0.717, 1.165) is 19.5 Å². The maximum absolute atomic E-state index is 4.44. The molecule has 0 atom stereocenters. The van der Waals surface area contributed by atoms with Crippen LogP contribution in [0.15, 0.2) is 12.3 Å². The predicted molar refractivity (Wildman–Crippen MR) is 48.8 cm³/mol. The summed E-state index contributed by atoms with van der Waals surface area (Å²) >= 11 is 0. The minimum Gasteiger partial charge on any atom is -0.296 e. The Morgan fingerprint density at radius 2 is 2.33 bits per heavy atom. The van der Waals surface area contributed by atoms with Crippen molar-refractivity contribution in [3.63, 3.8) is 0 Å². The number of pyridine rings is 1. The Morgan fingerprint density at radius 1 is 1.50 bits per heavy atom. The number of nitrogens with zero attached hydrogens (tertiary/aromatic N) is 2. The molecule has 0 aromatic carbocycles. The first kappa shape index (κ1) is 7.74. The zero-order valence-corrected chi connectivity index (χ0v) is 7.67. The maximum Gasteiger partial charge on any atom is 0.0589 e. The van der Waals surface area contributed by atoms with Gasteiger partial charge in [0.2, 0.25) is 0 Å². The normalized spacial score (nSPS) is 16.5. The zero-order chi connectivity index (χ0) is 8.55. The molecule has 2 heterocycles. The van der Waals surface area contributed by atoms with E-state index in [1.165, 1.54) is 16.8 Å². The van der Waals surface area contributed by atoms with Crippen LogP contribution in [-0.4, -0.2) is 16.9 Å². The highest BCUT2D eigenvalue weighted by molar-refractivity contribution is 5.28. The lowest BCUT2D eigenvalue weighted by Crippen LogP contribution is -2.07. The van der Waals surface area contributed by atoms with Crippen LogP contribution in [0, 0.1) is 0 Å². The Balaban J connectivity index is 2.35. The van der Waals surface area contributed by atoms with Crippen molar-refractivity contribution in [1.29, 1.82) is 0 Å². The SMILES string of the molecule is CCc1cnc2c(c1)CN(C)C2. The van der Waals surface area contributed by atoms with E-state index < -0.39 is 0 Å². The van der Waals surface area contributed by atoms with Gasteiger partial charge in [-0.25, -0.2) is 0 Å². The summed E-state index contributed by atoms with van der Waals surface area (Å²) in [6.07, 6.45) is 3.09. The molecule has 1 aliphatic rings. The van der Waals surface area contributed by atoms with Gasteiger partial charge in [0.25, 0.3) is 0 Å². The fraction of sp³-hybridized carbons (Fsp3) is 0.500. The van der Waals surface area contributed by atoms with Crippen molar-refractivity contribution in [2.75, 3.05) is 7.05 Å². The summed E-state index contributed by atoms with van der Waals surface area (Å²) in [5, 5.41) is 0. The van der Waals surface area contributed by atoms with Crippen LogP contribution in [-0.2, 0) is 19.5 Å². The van der Waals surface area contributed by atoms with Crippen LogP contribution in [0.3, 0.4) is 0 Å². The van der Waals surface area contributed by atoms with Crippen molar-refractivity contribution < 1.29 is 0 Å². The van der Waals surface area contributed by atoms with E-state index in [2.05, 4.69) is 29.9 Å². The lowest BCUT2D eigenvalue weighted by molar-refractivity contribution is 0.351. The molecule has 2 heteroatoms. The van der Waals surface area contributed by atoms with Gasteiger partial charge in [-0.15, -0.1) is 0 Å². The fourth-order valence-corrected chi connectivity index (χ4v) is 1.66. The topological polar surface area (TPSA) is 16.1 Å². The van der Waals surface area contributed by atoms with Gasteiger partial charge < -0.3 is 0 Å². The molecular weight excluding hydrogens is 148 g/mol. The molecule has 0 aliphatic carbocycles. The first-order valence-electron chi connectivity index (χ1n) is 4.45. The van der Waals surface area contributed by atoms with Crippen molar-refractivity contribution in [3.05, 3.63) is 29.1 Å². The molecule has 1 aliphatic heterocycles. The minimum atomic E-state index is 1.01. The number of hydrogen-bond acceptors (Lipinski definition) is 2. The summed E-state index contributed by atoms with van der Waals surface area (Å²) in [6.45, 7) is 4.25. The third kappa shape index (κ3) is 1.23. The highest BCUT2D eigenvalue weighted by atomic mass is 15.1. The number of aromatic nitrogens is 1. The maximum atomic E-state index is 4.44. The molecule has 0 radical (unpaired) electrons. The first-order chi connectivity index (χ1) is 5.79. The molecule has 12 heavy (non-hydrogen) atoms. The summed E-state index contributed by atoms with van der Waals surface area (Å²) in [5.74, 6) is 0. The van der Waals surface area contributed by atoms with Gasteiger partial charge in [0.15, 0.2) is 0 Å². The predicted octanol–water partition coefficient (Wildman–Crippen LogP) is 1.59. The van der Waals surface area contributed by atoms with Gasteiger partial charge in [-0.3, -0.25) is 9.88 Å². The van der Waals surface area contributed by atoms with Crippen LogP contribution < -0.4 is 0 Å². The average Bonchev–Trinajstić information content (AvgIpc) is 2.43. The Bertz CT molecular complexity index is 294. The smallest absolute Gasteiger partial charge is 0.0589 e. The zero-order valence-electron chi connectivity index (χ0n) is 7.67. The molecule has 0 unspecified atom stereocenters. The molecule has 1 aromatic rings. The molecule has 64 valence electrons. The molecule has 0 spiro atoms. The lowest BCUT2D eigenvalue weighted by Gasteiger charge is -2.02. The first-order valence-corrected chi connectivity index (χ1v) is 4.45. The third-order valence-corrected chi connectivity index (χ3v) is 2.38. The second kappa shape index (κ2) is 2.87. The fourth-order valence-electron chi connectivity index (χ4n) is 1.66. The summed E-state index contributed by atoms with van der Waals surface area (Å²) in [6, 6.07) is 2.28. The molecule has 0 fully saturated rings. The second-order valence-electron chi connectivity index (χ2n) is 3.48. The van der Waals surface area contributed by atoms with Gasteiger partial charge in [-0.05, 0) is 24.6 Å². The molecule has 1 aromatic heterocycles. The lowest BCUT2D eigenvalue weighted by atomic mass is 10.1. The molecule has 0 amide bonds. The molecule has 0 N–H and O–H groups in total.